The fraction of sp³-hybridized carbons (Fsp3) is 0.545. The normalized spacial score (nSPS) is 21.4. The van der Waals surface area contributed by atoms with Crippen molar-refractivity contribution in [3.05, 3.63) is 21.9 Å². The van der Waals surface area contributed by atoms with Crippen molar-refractivity contribution in [3.8, 4) is 0 Å². The Morgan fingerprint density at radius 2 is 2.57 bits per heavy atom. The SMILES string of the molecule is Cc1csc(C(=O)CC2CCOC2)c1. The molecule has 76 valence electrons. The zero-order valence-electron chi connectivity index (χ0n) is 8.29. The van der Waals surface area contributed by atoms with Gasteiger partial charge in [0, 0.05) is 19.6 Å². The molecule has 0 N–H and O–H groups in total. The highest BCUT2D eigenvalue weighted by molar-refractivity contribution is 7.12. The van der Waals surface area contributed by atoms with Crippen molar-refractivity contribution in [3.63, 3.8) is 0 Å². The van der Waals surface area contributed by atoms with Gasteiger partial charge in [-0.2, -0.15) is 0 Å². The molecule has 2 nitrogen and oxygen atoms in total. The van der Waals surface area contributed by atoms with Crippen LogP contribution in [-0.4, -0.2) is 19.0 Å². The molecule has 1 aromatic rings. The van der Waals surface area contributed by atoms with Crippen LogP contribution in [0.3, 0.4) is 0 Å². The summed E-state index contributed by atoms with van der Waals surface area (Å²) in [5.74, 6) is 0.725. The molecule has 1 unspecified atom stereocenters. The van der Waals surface area contributed by atoms with Gasteiger partial charge in [0.15, 0.2) is 5.78 Å². The molecule has 3 heteroatoms. The van der Waals surface area contributed by atoms with E-state index in [1.807, 2.05) is 18.4 Å². The number of carbonyl (C=O) groups excluding carboxylic acids is 1. The first kappa shape index (κ1) is 9.87. The van der Waals surface area contributed by atoms with Gasteiger partial charge in [-0.15, -0.1) is 11.3 Å². The second-order valence-electron chi connectivity index (χ2n) is 3.85. The van der Waals surface area contributed by atoms with Crippen LogP contribution < -0.4 is 0 Å². The van der Waals surface area contributed by atoms with E-state index in [0.29, 0.717) is 12.3 Å². The van der Waals surface area contributed by atoms with Crippen molar-refractivity contribution in [2.75, 3.05) is 13.2 Å². The molecule has 0 amide bonds. The molecule has 0 spiro atoms. The molecular weight excluding hydrogens is 196 g/mol. The van der Waals surface area contributed by atoms with Crippen molar-refractivity contribution in [1.82, 2.24) is 0 Å². The fourth-order valence-electron chi connectivity index (χ4n) is 1.68. The van der Waals surface area contributed by atoms with Gasteiger partial charge in [-0.3, -0.25) is 4.79 Å². The van der Waals surface area contributed by atoms with E-state index < -0.39 is 0 Å². The molecule has 0 aromatic carbocycles. The monoisotopic (exact) mass is 210 g/mol. The van der Waals surface area contributed by atoms with E-state index in [1.54, 1.807) is 11.3 Å². The van der Waals surface area contributed by atoms with Crippen LogP contribution in [0.15, 0.2) is 11.4 Å². The Morgan fingerprint density at radius 3 is 3.14 bits per heavy atom. The zero-order chi connectivity index (χ0) is 9.97. The Labute approximate surface area is 87.9 Å². The lowest BCUT2D eigenvalue weighted by Gasteiger charge is -2.03. The maximum absolute atomic E-state index is 11.8. The third-order valence-corrected chi connectivity index (χ3v) is 3.59. The smallest absolute Gasteiger partial charge is 0.173 e. The van der Waals surface area contributed by atoms with Crippen LogP contribution in [0.25, 0.3) is 0 Å². The second-order valence-corrected chi connectivity index (χ2v) is 4.76. The van der Waals surface area contributed by atoms with Gasteiger partial charge in [-0.25, -0.2) is 0 Å². The van der Waals surface area contributed by atoms with Crippen LogP contribution in [0.2, 0.25) is 0 Å². The van der Waals surface area contributed by atoms with Crippen LogP contribution in [0, 0.1) is 12.8 Å². The highest BCUT2D eigenvalue weighted by Crippen LogP contribution is 2.22. The third kappa shape index (κ3) is 2.22. The lowest BCUT2D eigenvalue weighted by molar-refractivity contribution is 0.0956. The van der Waals surface area contributed by atoms with E-state index in [4.69, 9.17) is 4.74 Å². The first-order valence-corrected chi connectivity index (χ1v) is 5.80. The van der Waals surface area contributed by atoms with Crippen molar-refractivity contribution in [2.24, 2.45) is 5.92 Å². The first-order valence-electron chi connectivity index (χ1n) is 4.92. The van der Waals surface area contributed by atoms with Gasteiger partial charge >= 0.3 is 0 Å². The summed E-state index contributed by atoms with van der Waals surface area (Å²) in [7, 11) is 0. The van der Waals surface area contributed by atoms with Gasteiger partial charge < -0.3 is 4.74 Å². The summed E-state index contributed by atoms with van der Waals surface area (Å²) < 4.78 is 5.25. The lowest BCUT2D eigenvalue weighted by Crippen LogP contribution is -2.07. The topological polar surface area (TPSA) is 26.3 Å². The average Bonchev–Trinajstić information content (AvgIpc) is 2.75. The van der Waals surface area contributed by atoms with Crippen LogP contribution in [-0.2, 0) is 4.74 Å². The predicted octanol–water partition coefficient (Wildman–Crippen LogP) is 2.67. The largest absolute Gasteiger partial charge is 0.381 e. The minimum atomic E-state index is 0.276. The van der Waals surface area contributed by atoms with Crippen molar-refractivity contribution < 1.29 is 9.53 Å². The zero-order valence-corrected chi connectivity index (χ0v) is 9.10. The number of carbonyl (C=O) groups is 1. The van der Waals surface area contributed by atoms with E-state index in [2.05, 4.69) is 0 Å². The minimum absolute atomic E-state index is 0.276. The van der Waals surface area contributed by atoms with Crippen molar-refractivity contribution in [1.29, 1.82) is 0 Å². The third-order valence-electron chi connectivity index (χ3n) is 2.50. The first-order chi connectivity index (χ1) is 6.75. The number of ketones is 1. The van der Waals surface area contributed by atoms with Gasteiger partial charge in [0.2, 0.25) is 0 Å². The van der Waals surface area contributed by atoms with Crippen LogP contribution >= 0.6 is 11.3 Å². The van der Waals surface area contributed by atoms with Gasteiger partial charge in [0.1, 0.15) is 0 Å². The van der Waals surface area contributed by atoms with Gasteiger partial charge in [0.25, 0.3) is 0 Å². The number of thiophene rings is 1. The molecule has 0 bridgehead atoms. The molecule has 1 aliphatic rings. The lowest BCUT2D eigenvalue weighted by atomic mass is 10.0. The molecule has 1 saturated heterocycles. The Hall–Kier alpha value is -0.670. The standard InChI is InChI=1S/C11H14O2S/c1-8-4-11(14-7-8)10(12)5-9-2-3-13-6-9/h4,7,9H,2-3,5-6H2,1H3. The average molecular weight is 210 g/mol. The Balaban J connectivity index is 1.95. The number of ether oxygens (including phenoxy) is 1. The van der Waals surface area contributed by atoms with Crippen molar-refractivity contribution in [2.45, 2.75) is 19.8 Å². The maximum Gasteiger partial charge on any atom is 0.173 e. The summed E-state index contributed by atoms with van der Waals surface area (Å²) in [4.78, 5) is 12.7. The summed E-state index contributed by atoms with van der Waals surface area (Å²) in [6.45, 7) is 3.60. The van der Waals surface area contributed by atoms with E-state index in [1.165, 1.54) is 5.56 Å². The van der Waals surface area contributed by atoms with Crippen LogP contribution in [0.5, 0.6) is 0 Å². The van der Waals surface area contributed by atoms with Crippen LogP contribution in [0.1, 0.15) is 28.1 Å². The molecule has 2 heterocycles. The summed E-state index contributed by atoms with van der Waals surface area (Å²) in [5, 5.41) is 2.03. The maximum atomic E-state index is 11.8. The second kappa shape index (κ2) is 4.24. The molecule has 1 aliphatic heterocycles. The number of hydrogen-bond donors (Lipinski definition) is 0. The summed E-state index contributed by atoms with van der Waals surface area (Å²) >= 11 is 1.55. The highest BCUT2D eigenvalue weighted by Gasteiger charge is 2.20. The summed E-state index contributed by atoms with van der Waals surface area (Å²) in [6.07, 6.45) is 1.69. The van der Waals surface area contributed by atoms with Gasteiger partial charge in [-0.05, 0) is 36.3 Å². The molecule has 1 atom stereocenters. The predicted molar refractivity (Wildman–Crippen MR) is 56.9 cm³/mol. The van der Waals surface area contributed by atoms with Crippen molar-refractivity contribution >= 4 is 17.1 Å². The minimum Gasteiger partial charge on any atom is -0.381 e. The quantitative estimate of drug-likeness (QED) is 0.717. The van der Waals surface area contributed by atoms with E-state index in [-0.39, 0.29) is 5.78 Å². The molecule has 1 fully saturated rings. The van der Waals surface area contributed by atoms with Crippen LogP contribution in [0.4, 0.5) is 0 Å². The fourth-order valence-corrected chi connectivity index (χ4v) is 2.53. The molecule has 14 heavy (non-hydrogen) atoms. The Bertz CT molecular complexity index is 324. The molecular formula is C11H14O2S. The Kier molecular flexibility index (Phi) is 2.99. The molecule has 0 radical (unpaired) electrons. The Morgan fingerprint density at radius 1 is 1.71 bits per heavy atom. The van der Waals surface area contributed by atoms with E-state index in [0.717, 1.165) is 24.5 Å². The summed E-state index contributed by atoms with van der Waals surface area (Å²) in [6, 6.07) is 1.98. The number of hydrogen-bond acceptors (Lipinski definition) is 3. The number of aryl methyl sites for hydroxylation is 1. The number of rotatable bonds is 3. The molecule has 0 aliphatic carbocycles. The number of Topliss-reactive ketones (excluding diaryl/α,β-unsaturated/α-hetero) is 1. The van der Waals surface area contributed by atoms with Gasteiger partial charge in [-0.1, -0.05) is 0 Å². The highest BCUT2D eigenvalue weighted by atomic mass is 32.1. The molecule has 0 saturated carbocycles. The van der Waals surface area contributed by atoms with Gasteiger partial charge in [0.05, 0.1) is 4.88 Å². The molecule has 1 aromatic heterocycles. The summed E-state index contributed by atoms with van der Waals surface area (Å²) in [5.41, 5.74) is 1.18. The van der Waals surface area contributed by atoms with E-state index in [9.17, 15) is 4.79 Å². The molecule has 2 rings (SSSR count). The van der Waals surface area contributed by atoms with E-state index >= 15 is 0 Å².